The Hall–Kier alpha value is -0.220. The molecule has 0 radical (unpaired) electrons. The number of thioether (sulfide) groups is 1. The van der Waals surface area contributed by atoms with Crippen molar-refractivity contribution in [2.75, 3.05) is 32.3 Å². The van der Waals surface area contributed by atoms with Crippen LogP contribution in [0, 0.1) is 0 Å². The molecule has 0 unspecified atom stereocenters. The zero-order chi connectivity index (χ0) is 7.82. The third kappa shape index (κ3) is 5.91. The van der Waals surface area contributed by atoms with Gasteiger partial charge in [0.1, 0.15) is 0 Å². The summed E-state index contributed by atoms with van der Waals surface area (Å²) in [5, 5.41) is 0. The second kappa shape index (κ2) is 6.89. The van der Waals surface area contributed by atoms with Crippen LogP contribution in [0.5, 0.6) is 0 Å². The van der Waals surface area contributed by atoms with Crippen molar-refractivity contribution in [1.29, 1.82) is 0 Å². The van der Waals surface area contributed by atoms with Gasteiger partial charge in [-0.2, -0.15) is 0 Å². The highest BCUT2D eigenvalue weighted by Gasteiger charge is 1.97. The van der Waals surface area contributed by atoms with E-state index in [9.17, 15) is 4.79 Å². The Morgan fingerprint density at radius 1 is 1.50 bits per heavy atom. The van der Waals surface area contributed by atoms with E-state index >= 15 is 0 Å². The van der Waals surface area contributed by atoms with Crippen molar-refractivity contribution in [3.8, 4) is 0 Å². The molecule has 0 aromatic carbocycles. The minimum atomic E-state index is -0.180. The van der Waals surface area contributed by atoms with E-state index in [-0.39, 0.29) is 5.97 Å². The van der Waals surface area contributed by atoms with Crippen LogP contribution in [0.15, 0.2) is 0 Å². The highest BCUT2D eigenvalue weighted by atomic mass is 32.2. The molecule has 0 amide bonds. The summed E-state index contributed by atoms with van der Waals surface area (Å²) in [6.45, 7) is 0.682. The van der Waals surface area contributed by atoms with E-state index in [0.29, 0.717) is 12.4 Å². The van der Waals surface area contributed by atoms with Gasteiger partial charge in [-0.15, -0.1) is 11.8 Å². The number of hydrogen-bond acceptors (Lipinski definition) is 4. The Kier molecular flexibility index (Phi) is 6.74. The Bertz CT molecular complexity index is 95.0. The van der Waals surface area contributed by atoms with Gasteiger partial charge in [0.2, 0.25) is 0 Å². The number of esters is 1. The quantitative estimate of drug-likeness (QED) is 0.439. The molecule has 0 saturated heterocycles. The molecule has 0 aromatic heterocycles. The minimum absolute atomic E-state index is 0.180. The first-order valence-electron chi connectivity index (χ1n) is 2.94. The van der Waals surface area contributed by atoms with E-state index in [0.717, 1.165) is 5.75 Å². The maximum atomic E-state index is 10.5. The third-order valence-electron chi connectivity index (χ3n) is 0.879. The number of carbonyl (C=O) groups excluding carboxylic acids is 1. The van der Waals surface area contributed by atoms with Crippen LogP contribution in [0.3, 0.4) is 0 Å². The van der Waals surface area contributed by atoms with Gasteiger partial charge < -0.3 is 9.47 Å². The minimum Gasteiger partial charge on any atom is -0.468 e. The van der Waals surface area contributed by atoms with Crippen molar-refractivity contribution in [3.63, 3.8) is 0 Å². The molecule has 0 spiro atoms. The molecule has 0 bridgehead atoms. The summed E-state index contributed by atoms with van der Waals surface area (Å²) in [4.78, 5) is 10.5. The lowest BCUT2D eigenvalue weighted by molar-refractivity contribution is -0.137. The first kappa shape index (κ1) is 9.78. The summed E-state index contributed by atoms with van der Waals surface area (Å²) in [6, 6.07) is 0. The predicted molar refractivity (Wildman–Crippen MR) is 41.2 cm³/mol. The van der Waals surface area contributed by atoms with Crippen LogP contribution in [0.4, 0.5) is 0 Å². The van der Waals surface area contributed by atoms with Crippen LogP contribution in [0.25, 0.3) is 0 Å². The summed E-state index contributed by atoms with van der Waals surface area (Å²) < 4.78 is 9.21. The molecular formula is C6H12O3S. The molecule has 10 heavy (non-hydrogen) atoms. The zero-order valence-corrected chi connectivity index (χ0v) is 7.07. The SMILES string of the molecule is COCCSCC(=O)OC. The van der Waals surface area contributed by atoms with E-state index in [1.165, 1.54) is 18.9 Å². The molecule has 60 valence electrons. The van der Waals surface area contributed by atoms with Gasteiger partial charge in [0, 0.05) is 12.9 Å². The molecule has 0 aromatic rings. The summed E-state index contributed by atoms with van der Waals surface area (Å²) in [5.41, 5.74) is 0. The van der Waals surface area contributed by atoms with Crippen molar-refractivity contribution in [1.82, 2.24) is 0 Å². The average molecular weight is 164 g/mol. The highest BCUT2D eigenvalue weighted by Crippen LogP contribution is 1.98. The zero-order valence-electron chi connectivity index (χ0n) is 6.25. The lowest BCUT2D eigenvalue weighted by atomic mass is 10.8. The predicted octanol–water partition coefficient (Wildman–Crippen LogP) is 0.539. The maximum Gasteiger partial charge on any atom is 0.315 e. The monoisotopic (exact) mass is 164 g/mol. The molecule has 0 heterocycles. The number of rotatable bonds is 5. The topological polar surface area (TPSA) is 35.5 Å². The summed E-state index contributed by atoms with van der Waals surface area (Å²) >= 11 is 1.51. The molecule has 0 N–H and O–H groups in total. The fourth-order valence-corrected chi connectivity index (χ4v) is 1.07. The molecular weight excluding hydrogens is 152 g/mol. The smallest absolute Gasteiger partial charge is 0.315 e. The molecule has 4 heteroatoms. The average Bonchev–Trinajstić information content (AvgIpc) is 1.98. The van der Waals surface area contributed by atoms with Crippen LogP contribution in [-0.2, 0) is 14.3 Å². The molecule has 3 nitrogen and oxygen atoms in total. The van der Waals surface area contributed by atoms with Gasteiger partial charge in [-0.25, -0.2) is 0 Å². The first-order valence-corrected chi connectivity index (χ1v) is 4.10. The first-order chi connectivity index (χ1) is 4.81. The molecule has 0 aliphatic heterocycles. The third-order valence-corrected chi connectivity index (χ3v) is 1.77. The maximum absolute atomic E-state index is 10.5. The highest BCUT2D eigenvalue weighted by molar-refractivity contribution is 7.99. The van der Waals surface area contributed by atoms with Crippen LogP contribution in [0.2, 0.25) is 0 Å². The largest absolute Gasteiger partial charge is 0.468 e. The van der Waals surface area contributed by atoms with Crippen molar-refractivity contribution < 1.29 is 14.3 Å². The Morgan fingerprint density at radius 2 is 2.20 bits per heavy atom. The van der Waals surface area contributed by atoms with Crippen molar-refractivity contribution in [2.45, 2.75) is 0 Å². The van der Waals surface area contributed by atoms with Gasteiger partial charge in [-0.3, -0.25) is 4.79 Å². The van der Waals surface area contributed by atoms with Gasteiger partial charge in [-0.1, -0.05) is 0 Å². The Morgan fingerprint density at radius 3 is 2.70 bits per heavy atom. The standard InChI is InChI=1S/C6H12O3S/c1-8-3-4-10-5-6(7)9-2/h3-5H2,1-2H3. The van der Waals surface area contributed by atoms with Gasteiger partial charge in [0.25, 0.3) is 0 Å². The number of methoxy groups -OCH3 is 2. The van der Waals surface area contributed by atoms with Gasteiger partial charge in [0.05, 0.1) is 19.5 Å². The van der Waals surface area contributed by atoms with Crippen LogP contribution < -0.4 is 0 Å². The van der Waals surface area contributed by atoms with E-state index in [2.05, 4.69) is 4.74 Å². The van der Waals surface area contributed by atoms with E-state index in [1.54, 1.807) is 7.11 Å². The van der Waals surface area contributed by atoms with E-state index < -0.39 is 0 Å². The van der Waals surface area contributed by atoms with Crippen molar-refractivity contribution in [2.24, 2.45) is 0 Å². The van der Waals surface area contributed by atoms with Crippen molar-refractivity contribution in [3.05, 3.63) is 0 Å². The molecule has 0 saturated carbocycles. The lowest BCUT2D eigenvalue weighted by Gasteiger charge is -1.98. The van der Waals surface area contributed by atoms with Crippen molar-refractivity contribution >= 4 is 17.7 Å². The second-order valence-electron chi connectivity index (χ2n) is 1.62. The lowest BCUT2D eigenvalue weighted by Crippen LogP contribution is -2.04. The van der Waals surface area contributed by atoms with Crippen LogP contribution >= 0.6 is 11.8 Å². The molecule has 0 aliphatic rings. The summed E-state index contributed by atoms with van der Waals surface area (Å²) in [5.74, 6) is 1.08. The molecule has 0 fully saturated rings. The van der Waals surface area contributed by atoms with Gasteiger partial charge >= 0.3 is 5.97 Å². The molecule has 0 rings (SSSR count). The van der Waals surface area contributed by atoms with E-state index in [4.69, 9.17) is 4.74 Å². The van der Waals surface area contributed by atoms with Gasteiger partial charge in [-0.05, 0) is 0 Å². The van der Waals surface area contributed by atoms with Crippen LogP contribution in [-0.4, -0.2) is 38.3 Å². The number of hydrogen-bond donors (Lipinski definition) is 0. The van der Waals surface area contributed by atoms with E-state index in [1.807, 2.05) is 0 Å². The summed E-state index contributed by atoms with van der Waals surface area (Å²) in [7, 11) is 3.03. The molecule has 0 aliphatic carbocycles. The number of ether oxygens (including phenoxy) is 2. The normalized spacial score (nSPS) is 9.40. The molecule has 0 atom stereocenters. The summed E-state index contributed by atoms with van der Waals surface area (Å²) in [6.07, 6.45) is 0. The number of carbonyl (C=O) groups is 1. The Labute approximate surface area is 65.1 Å². The second-order valence-corrected chi connectivity index (χ2v) is 2.73. The fourth-order valence-electron chi connectivity index (χ4n) is 0.357. The van der Waals surface area contributed by atoms with Gasteiger partial charge in [0.15, 0.2) is 0 Å². The Balaban J connectivity index is 2.96. The fraction of sp³-hybridized carbons (Fsp3) is 0.833. The van der Waals surface area contributed by atoms with Crippen LogP contribution in [0.1, 0.15) is 0 Å².